The molecule has 32 heavy (non-hydrogen) atoms. The second-order valence-electron chi connectivity index (χ2n) is 7.86. The van der Waals surface area contributed by atoms with E-state index in [1.54, 1.807) is 0 Å². The molecule has 0 saturated heterocycles. The number of aromatic nitrogens is 2. The molecule has 1 heterocycles. The molecule has 1 aromatic heterocycles. The van der Waals surface area contributed by atoms with Crippen molar-refractivity contribution in [2.45, 2.75) is 32.7 Å². The van der Waals surface area contributed by atoms with E-state index >= 15 is 0 Å². The minimum absolute atomic E-state index is 0.0348. The normalized spacial score (nSPS) is 10.9. The van der Waals surface area contributed by atoms with Crippen LogP contribution in [0.3, 0.4) is 0 Å². The molecule has 4 aromatic rings. The fourth-order valence-electron chi connectivity index (χ4n) is 3.83. The summed E-state index contributed by atoms with van der Waals surface area (Å²) in [6, 6.07) is 25.6. The number of nitrogens with zero attached hydrogens (tertiary/aromatic N) is 2. The van der Waals surface area contributed by atoms with E-state index in [-0.39, 0.29) is 5.91 Å². The van der Waals surface area contributed by atoms with Crippen LogP contribution in [0.15, 0.2) is 78.9 Å². The standard InChI is InChI=1S/C27H29N3O2/c1-21-11-5-8-16-25(21)32-20-10-19-30-24-15-7-6-14-23(24)29-26(30)17-9-18-28-27(31)22-12-3-2-4-13-22/h2-8,11-16H,9-10,17-20H2,1H3,(H,28,31). The topological polar surface area (TPSA) is 56.1 Å². The zero-order valence-electron chi connectivity index (χ0n) is 18.5. The maximum atomic E-state index is 12.2. The maximum absolute atomic E-state index is 12.2. The molecule has 0 atom stereocenters. The third kappa shape index (κ3) is 5.35. The molecule has 0 fully saturated rings. The van der Waals surface area contributed by atoms with Crippen molar-refractivity contribution in [2.75, 3.05) is 13.2 Å². The highest BCUT2D eigenvalue weighted by Gasteiger charge is 2.11. The molecule has 0 saturated carbocycles. The summed E-state index contributed by atoms with van der Waals surface area (Å²) in [5, 5.41) is 3.00. The third-order valence-electron chi connectivity index (χ3n) is 5.51. The van der Waals surface area contributed by atoms with Gasteiger partial charge in [0.15, 0.2) is 0 Å². The van der Waals surface area contributed by atoms with Crippen molar-refractivity contribution in [3.05, 3.63) is 95.8 Å². The third-order valence-corrected chi connectivity index (χ3v) is 5.51. The van der Waals surface area contributed by atoms with Crippen LogP contribution in [0.5, 0.6) is 5.75 Å². The summed E-state index contributed by atoms with van der Waals surface area (Å²) in [5.74, 6) is 1.96. The Morgan fingerprint density at radius 3 is 2.53 bits per heavy atom. The van der Waals surface area contributed by atoms with Gasteiger partial charge < -0.3 is 14.6 Å². The summed E-state index contributed by atoms with van der Waals surface area (Å²) < 4.78 is 8.26. The highest BCUT2D eigenvalue weighted by Crippen LogP contribution is 2.19. The first-order valence-corrected chi connectivity index (χ1v) is 11.2. The largest absolute Gasteiger partial charge is 0.493 e. The molecule has 0 spiro atoms. The summed E-state index contributed by atoms with van der Waals surface area (Å²) in [5.41, 5.74) is 3.99. The van der Waals surface area contributed by atoms with E-state index in [4.69, 9.17) is 9.72 Å². The van der Waals surface area contributed by atoms with Crippen LogP contribution in [0.2, 0.25) is 0 Å². The lowest BCUT2D eigenvalue weighted by atomic mass is 10.2. The quantitative estimate of drug-likeness (QED) is 0.355. The molecule has 0 bridgehead atoms. The number of nitrogens with one attached hydrogen (secondary N) is 1. The van der Waals surface area contributed by atoms with Gasteiger partial charge in [-0.1, -0.05) is 48.5 Å². The van der Waals surface area contributed by atoms with Gasteiger partial charge in [-0.15, -0.1) is 0 Å². The lowest BCUT2D eigenvalue weighted by molar-refractivity contribution is 0.0953. The zero-order valence-corrected chi connectivity index (χ0v) is 18.5. The van der Waals surface area contributed by atoms with E-state index in [2.05, 4.69) is 35.0 Å². The second-order valence-corrected chi connectivity index (χ2v) is 7.86. The lowest BCUT2D eigenvalue weighted by Gasteiger charge is -2.12. The van der Waals surface area contributed by atoms with Gasteiger partial charge in [-0.2, -0.15) is 0 Å². The molecule has 1 amide bonds. The molecule has 0 aliphatic heterocycles. The van der Waals surface area contributed by atoms with Gasteiger partial charge in [-0.05, 0) is 55.7 Å². The Balaban J connectivity index is 1.33. The van der Waals surface area contributed by atoms with Crippen molar-refractivity contribution >= 4 is 16.9 Å². The number of fused-ring (bicyclic) bond motifs is 1. The second kappa shape index (κ2) is 10.6. The first kappa shape index (κ1) is 21.6. The van der Waals surface area contributed by atoms with Crippen LogP contribution < -0.4 is 10.1 Å². The fraction of sp³-hybridized carbons (Fsp3) is 0.259. The van der Waals surface area contributed by atoms with Crippen LogP contribution in [0.1, 0.15) is 34.6 Å². The maximum Gasteiger partial charge on any atom is 0.251 e. The summed E-state index contributed by atoms with van der Waals surface area (Å²) in [7, 11) is 0. The molecule has 4 rings (SSSR count). The van der Waals surface area contributed by atoms with Crippen LogP contribution in [0.25, 0.3) is 11.0 Å². The molecule has 0 unspecified atom stereocenters. The van der Waals surface area contributed by atoms with Gasteiger partial charge in [0.2, 0.25) is 0 Å². The molecular weight excluding hydrogens is 398 g/mol. The lowest BCUT2D eigenvalue weighted by Crippen LogP contribution is -2.24. The number of benzene rings is 3. The first-order valence-electron chi connectivity index (χ1n) is 11.2. The predicted octanol–water partition coefficient (Wildman–Crippen LogP) is 5.18. The SMILES string of the molecule is Cc1ccccc1OCCCn1c(CCCNC(=O)c2ccccc2)nc2ccccc21. The molecule has 5 heteroatoms. The van der Waals surface area contributed by atoms with Gasteiger partial charge in [0.1, 0.15) is 11.6 Å². The Hall–Kier alpha value is -3.60. The van der Waals surface area contributed by atoms with Crippen LogP contribution in [0, 0.1) is 6.92 Å². The molecule has 0 aliphatic carbocycles. The molecule has 0 aliphatic rings. The predicted molar refractivity (Wildman–Crippen MR) is 128 cm³/mol. The van der Waals surface area contributed by atoms with E-state index < -0.39 is 0 Å². The van der Waals surface area contributed by atoms with Crippen molar-refractivity contribution in [1.82, 2.24) is 14.9 Å². The molecule has 1 N–H and O–H groups in total. The van der Waals surface area contributed by atoms with Gasteiger partial charge in [0, 0.05) is 25.1 Å². The smallest absolute Gasteiger partial charge is 0.251 e. The summed E-state index contributed by atoms with van der Waals surface area (Å²) in [6.45, 7) is 4.18. The Morgan fingerprint density at radius 2 is 1.69 bits per heavy atom. The number of ether oxygens (including phenoxy) is 1. The van der Waals surface area contributed by atoms with Crippen molar-refractivity contribution in [3.63, 3.8) is 0 Å². The number of aryl methyl sites for hydroxylation is 3. The van der Waals surface area contributed by atoms with Gasteiger partial charge in [0.05, 0.1) is 17.6 Å². The van der Waals surface area contributed by atoms with Gasteiger partial charge in [-0.25, -0.2) is 4.98 Å². The minimum atomic E-state index is -0.0348. The summed E-state index contributed by atoms with van der Waals surface area (Å²) in [6.07, 6.45) is 2.54. The molecule has 0 radical (unpaired) electrons. The number of imidazole rings is 1. The number of carbonyl (C=O) groups is 1. The van der Waals surface area contributed by atoms with E-state index in [9.17, 15) is 4.79 Å². The fourth-order valence-corrected chi connectivity index (χ4v) is 3.83. The van der Waals surface area contributed by atoms with E-state index in [1.807, 2.05) is 60.7 Å². The first-order chi connectivity index (χ1) is 15.7. The number of para-hydroxylation sites is 3. The zero-order chi connectivity index (χ0) is 22.2. The molecule has 3 aromatic carbocycles. The summed E-state index contributed by atoms with van der Waals surface area (Å²) >= 11 is 0. The highest BCUT2D eigenvalue weighted by atomic mass is 16.5. The molecular formula is C27H29N3O2. The van der Waals surface area contributed by atoms with Gasteiger partial charge in [0.25, 0.3) is 5.91 Å². The number of hydrogen-bond donors (Lipinski definition) is 1. The van der Waals surface area contributed by atoms with Crippen molar-refractivity contribution in [1.29, 1.82) is 0 Å². The van der Waals surface area contributed by atoms with Crippen molar-refractivity contribution < 1.29 is 9.53 Å². The minimum Gasteiger partial charge on any atom is -0.493 e. The van der Waals surface area contributed by atoms with Crippen LogP contribution in [-0.2, 0) is 13.0 Å². The van der Waals surface area contributed by atoms with Crippen molar-refractivity contribution in [2.24, 2.45) is 0 Å². The van der Waals surface area contributed by atoms with Gasteiger partial charge >= 0.3 is 0 Å². The Morgan fingerprint density at radius 1 is 0.938 bits per heavy atom. The van der Waals surface area contributed by atoms with Gasteiger partial charge in [-0.3, -0.25) is 4.79 Å². The Labute approximate surface area is 189 Å². The van der Waals surface area contributed by atoms with Crippen LogP contribution in [0.4, 0.5) is 0 Å². The highest BCUT2D eigenvalue weighted by molar-refractivity contribution is 5.94. The Bertz CT molecular complexity index is 1170. The number of amides is 1. The molecule has 5 nitrogen and oxygen atoms in total. The average molecular weight is 428 g/mol. The average Bonchev–Trinajstić information content (AvgIpc) is 3.18. The number of hydrogen-bond acceptors (Lipinski definition) is 3. The monoisotopic (exact) mass is 427 g/mol. The van der Waals surface area contributed by atoms with Crippen LogP contribution in [-0.4, -0.2) is 28.6 Å². The van der Waals surface area contributed by atoms with E-state index in [0.29, 0.717) is 18.7 Å². The number of carbonyl (C=O) groups excluding carboxylic acids is 1. The Kier molecular flexibility index (Phi) is 7.18. The van der Waals surface area contributed by atoms with Crippen molar-refractivity contribution in [3.8, 4) is 5.75 Å². The van der Waals surface area contributed by atoms with E-state index in [1.165, 1.54) is 0 Å². The van der Waals surface area contributed by atoms with Crippen LogP contribution >= 0.6 is 0 Å². The number of rotatable bonds is 10. The van der Waals surface area contributed by atoms with E-state index in [0.717, 1.165) is 54.0 Å². The summed E-state index contributed by atoms with van der Waals surface area (Å²) in [4.78, 5) is 17.1. The molecule has 164 valence electrons.